The molecule has 180 valence electrons. The van der Waals surface area contributed by atoms with Crippen molar-refractivity contribution in [2.24, 2.45) is 0 Å². The molecule has 0 spiro atoms. The third-order valence-electron chi connectivity index (χ3n) is 5.45. The van der Waals surface area contributed by atoms with Crippen molar-refractivity contribution in [1.82, 2.24) is 29.5 Å². The summed E-state index contributed by atoms with van der Waals surface area (Å²) in [6.07, 6.45) is 3.47. The summed E-state index contributed by atoms with van der Waals surface area (Å²) < 4.78 is 3.71. The molecule has 8 nitrogen and oxygen atoms in total. The summed E-state index contributed by atoms with van der Waals surface area (Å²) >= 11 is 1.33. The van der Waals surface area contributed by atoms with Gasteiger partial charge in [-0.1, -0.05) is 36.0 Å². The highest BCUT2D eigenvalue weighted by molar-refractivity contribution is 7.99. The van der Waals surface area contributed by atoms with E-state index in [9.17, 15) is 4.79 Å². The number of rotatable bonds is 7. The summed E-state index contributed by atoms with van der Waals surface area (Å²) in [7, 11) is 0. The number of aromatic nitrogens is 6. The van der Waals surface area contributed by atoms with Crippen LogP contribution in [-0.4, -0.2) is 41.2 Å². The molecule has 9 heteroatoms. The molecule has 0 bridgehead atoms. The highest BCUT2D eigenvalue weighted by Gasteiger charge is 2.18. The zero-order chi connectivity index (χ0) is 25.1. The molecule has 1 N–H and O–H groups in total. The van der Waals surface area contributed by atoms with Gasteiger partial charge in [-0.2, -0.15) is 5.10 Å². The van der Waals surface area contributed by atoms with Gasteiger partial charge in [0.25, 0.3) is 0 Å². The van der Waals surface area contributed by atoms with E-state index in [1.54, 1.807) is 17.1 Å². The van der Waals surface area contributed by atoms with E-state index < -0.39 is 0 Å². The number of aryl methyl sites for hydroxylation is 3. The Morgan fingerprint density at radius 2 is 1.69 bits per heavy atom. The molecule has 0 fully saturated rings. The minimum Gasteiger partial charge on any atom is -0.310 e. The van der Waals surface area contributed by atoms with Crippen LogP contribution in [0.5, 0.6) is 0 Å². The van der Waals surface area contributed by atoms with Crippen LogP contribution in [0, 0.1) is 20.8 Å². The van der Waals surface area contributed by atoms with Crippen molar-refractivity contribution in [1.29, 1.82) is 0 Å². The average Bonchev–Trinajstić information content (AvgIpc) is 3.46. The Morgan fingerprint density at radius 3 is 2.42 bits per heavy atom. The highest BCUT2D eigenvalue weighted by atomic mass is 32.2. The normalized spacial score (nSPS) is 11.0. The van der Waals surface area contributed by atoms with E-state index in [0.717, 1.165) is 33.8 Å². The molecule has 5 rings (SSSR count). The Balaban J connectivity index is 1.38. The van der Waals surface area contributed by atoms with Gasteiger partial charge in [-0.3, -0.25) is 14.3 Å². The SMILES string of the molecule is Cc1cc(C)cc(-n2nc(C)cc2NC(=O)CSc2nnc(-c3cccnc3)n2-c2ccccc2)c1. The third-order valence-corrected chi connectivity index (χ3v) is 6.38. The van der Waals surface area contributed by atoms with Gasteiger partial charge in [0.15, 0.2) is 11.0 Å². The molecule has 2 aromatic carbocycles. The summed E-state index contributed by atoms with van der Waals surface area (Å²) in [6, 6.07) is 21.7. The van der Waals surface area contributed by atoms with Crippen LogP contribution >= 0.6 is 11.8 Å². The molecule has 0 aliphatic rings. The second-order valence-corrected chi connectivity index (χ2v) is 9.43. The van der Waals surface area contributed by atoms with Gasteiger partial charge in [-0.05, 0) is 68.3 Å². The Bertz CT molecular complexity index is 1490. The van der Waals surface area contributed by atoms with Crippen LogP contribution in [0.4, 0.5) is 5.82 Å². The van der Waals surface area contributed by atoms with Crippen LogP contribution in [0.15, 0.2) is 84.3 Å². The second kappa shape index (κ2) is 10.2. The maximum Gasteiger partial charge on any atom is 0.236 e. The molecule has 0 saturated carbocycles. The minimum absolute atomic E-state index is 0.156. The smallest absolute Gasteiger partial charge is 0.236 e. The largest absolute Gasteiger partial charge is 0.310 e. The van der Waals surface area contributed by atoms with Crippen LogP contribution in [-0.2, 0) is 4.79 Å². The van der Waals surface area contributed by atoms with Crippen molar-refractivity contribution in [3.05, 3.63) is 95.9 Å². The number of thioether (sulfide) groups is 1. The number of carbonyl (C=O) groups excluding carboxylic acids is 1. The first-order chi connectivity index (χ1) is 17.5. The molecule has 36 heavy (non-hydrogen) atoms. The summed E-state index contributed by atoms with van der Waals surface area (Å²) in [5.74, 6) is 1.30. The zero-order valence-electron chi connectivity index (χ0n) is 20.2. The van der Waals surface area contributed by atoms with Crippen LogP contribution in [0.1, 0.15) is 16.8 Å². The van der Waals surface area contributed by atoms with Gasteiger partial charge in [0.05, 0.1) is 17.1 Å². The lowest BCUT2D eigenvalue weighted by Crippen LogP contribution is -2.17. The zero-order valence-corrected chi connectivity index (χ0v) is 21.0. The topological polar surface area (TPSA) is 90.5 Å². The predicted molar refractivity (Wildman–Crippen MR) is 142 cm³/mol. The maximum atomic E-state index is 13.0. The standard InChI is InChI=1S/C27H25N7OS/c1-18-12-19(2)14-23(13-18)34-24(15-20(3)32-34)29-25(35)17-36-27-31-30-26(21-8-7-11-28-16-21)33(27)22-9-5-4-6-10-22/h4-16H,17H2,1-3H3,(H,29,35). The average molecular weight is 496 g/mol. The number of nitrogens with zero attached hydrogens (tertiary/aromatic N) is 6. The first kappa shape index (κ1) is 23.5. The summed E-state index contributed by atoms with van der Waals surface area (Å²) in [5, 5.41) is 17.0. The van der Waals surface area contributed by atoms with Gasteiger partial charge in [0.1, 0.15) is 5.82 Å². The van der Waals surface area contributed by atoms with Gasteiger partial charge in [-0.15, -0.1) is 10.2 Å². The molecular weight excluding hydrogens is 470 g/mol. The van der Waals surface area contributed by atoms with Crippen LogP contribution in [0.2, 0.25) is 0 Å². The first-order valence-electron chi connectivity index (χ1n) is 11.5. The Kier molecular flexibility index (Phi) is 6.64. The van der Waals surface area contributed by atoms with E-state index in [-0.39, 0.29) is 11.7 Å². The lowest BCUT2D eigenvalue weighted by Gasteiger charge is -2.11. The molecule has 0 aliphatic carbocycles. The fourth-order valence-electron chi connectivity index (χ4n) is 4.02. The van der Waals surface area contributed by atoms with Crippen LogP contribution in [0.25, 0.3) is 22.8 Å². The van der Waals surface area contributed by atoms with Crippen molar-refractivity contribution < 1.29 is 4.79 Å². The lowest BCUT2D eigenvalue weighted by molar-refractivity contribution is -0.113. The van der Waals surface area contributed by atoms with E-state index in [1.165, 1.54) is 11.8 Å². The van der Waals surface area contributed by atoms with E-state index >= 15 is 0 Å². The molecule has 0 unspecified atom stereocenters. The number of hydrogen-bond acceptors (Lipinski definition) is 6. The van der Waals surface area contributed by atoms with Gasteiger partial charge in [-0.25, -0.2) is 4.68 Å². The number of anilines is 1. The van der Waals surface area contributed by atoms with Gasteiger partial charge in [0.2, 0.25) is 5.91 Å². The number of hydrogen-bond donors (Lipinski definition) is 1. The quantitative estimate of drug-likeness (QED) is 0.313. The third kappa shape index (κ3) is 5.06. The van der Waals surface area contributed by atoms with Crippen molar-refractivity contribution >= 4 is 23.5 Å². The Hall–Kier alpha value is -4.24. The number of carbonyl (C=O) groups is 1. The number of nitrogens with one attached hydrogen (secondary N) is 1. The monoisotopic (exact) mass is 495 g/mol. The Labute approximate surface area is 213 Å². The molecule has 0 atom stereocenters. The predicted octanol–water partition coefficient (Wildman–Crippen LogP) is 5.17. The van der Waals surface area contributed by atoms with Crippen LogP contribution < -0.4 is 5.32 Å². The van der Waals surface area contributed by atoms with Gasteiger partial charge >= 0.3 is 0 Å². The van der Waals surface area contributed by atoms with E-state index in [2.05, 4.69) is 31.7 Å². The fraction of sp³-hybridized carbons (Fsp3) is 0.148. The molecule has 1 amide bonds. The van der Waals surface area contributed by atoms with Crippen LogP contribution in [0.3, 0.4) is 0 Å². The molecule has 5 aromatic rings. The minimum atomic E-state index is -0.156. The summed E-state index contributed by atoms with van der Waals surface area (Å²) in [6.45, 7) is 6.00. The first-order valence-corrected chi connectivity index (χ1v) is 12.5. The molecule has 0 radical (unpaired) electrons. The van der Waals surface area contributed by atoms with E-state index in [4.69, 9.17) is 0 Å². The Morgan fingerprint density at radius 1 is 0.917 bits per heavy atom. The van der Waals surface area contributed by atoms with Crippen molar-refractivity contribution in [3.63, 3.8) is 0 Å². The maximum absolute atomic E-state index is 13.0. The number of pyridine rings is 1. The highest BCUT2D eigenvalue weighted by Crippen LogP contribution is 2.28. The second-order valence-electron chi connectivity index (χ2n) is 8.48. The lowest BCUT2D eigenvalue weighted by atomic mass is 10.1. The van der Waals surface area contributed by atoms with Crippen molar-refractivity contribution in [2.75, 3.05) is 11.1 Å². The number of benzene rings is 2. The molecule has 0 aliphatic heterocycles. The van der Waals surface area contributed by atoms with Crippen molar-refractivity contribution in [2.45, 2.75) is 25.9 Å². The number of amides is 1. The molecular formula is C27H25N7OS. The molecule has 0 saturated heterocycles. The van der Waals surface area contributed by atoms with Crippen molar-refractivity contribution in [3.8, 4) is 22.8 Å². The summed E-state index contributed by atoms with van der Waals surface area (Å²) in [5.41, 5.74) is 5.76. The van der Waals surface area contributed by atoms with E-state index in [0.29, 0.717) is 16.8 Å². The fourth-order valence-corrected chi connectivity index (χ4v) is 4.77. The van der Waals surface area contributed by atoms with E-state index in [1.807, 2.05) is 86.0 Å². The van der Waals surface area contributed by atoms with Gasteiger partial charge < -0.3 is 5.32 Å². The summed E-state index contributed by atoms with van der Waals surface area (Å²) in [4.78, 5) is 17.2. The molecule has 3 heterocycles. The van der Waals surface area contributed by atoms with Gasteiger partial charge in [0, 0.05) is 29.7 Å². The number of para-hydroxylation sites is 1. The molecule has 3 aromatic heterocycles.